The zero-order valence-electron chi connectivity index (χ0n) is 9.45. The van der Waals surface area contributed by atoms with Gasteiger partial charge in [0.2, 0.25) is 5.91 Å². The van der Waals surface area contributed by atoms with Gasteiger partial charge in [0.1, 0.15) is 0 Å². The van der Waals surface area contributed by atoms with Crippen LogP contribution in [0.4, 0.5) is 0 Å². The molecule has 1 aromatic rings. The average Bonchev–Trinajstić information content (AvgIpc) is 2.21. The zero-order chi connectivity index (χ0) is 12.0. The fourth-order valence-corrected chi connectivity index (χ4v) is 1.63. The number of benzene rings is 1. The molecule has 0 bridgehead atoms. The molecule has 0 heterocycles. The van der Waals surface area contributed by atoms with Crippen LogP contribution in [0.15, 0.2) is 24.3 Å². The highest BCUT2D eigenvalue weighted by molar-refractivity contribution is 6.30. The Hall–Kier alpha value is -1.06. The Bertz CT molecular complexity index is 337. The van der Waals surface area contributed by atoms with E-state index in [-0.39, 0.29) is 5.91 Å². The third-order valence-corrected chi connectivity index (χ3v) is 2.58. The van der Waals surface area contributed by atoms with Gasteiger partial charge in [0, 0.05) is 18.0 Å². The van der Waals surface area contributed by atoms with E-state index in [0.717, 1.165) is 24.5 Å². The molecule has 0 aliphatic rings. The number of halogens is 1. The Morgan fingerprint density at radius 2 is 2.00 bits per heavy atom. The summed E-state index contributed by atoms with van der Waals surface area (Å²) in [6.07, 6.45) is 1.25. The van der Waals surface area contributed by atoms with Crippen molar-refractivity contribution in [1.29, 1.82) is 0 Å². The summed E-state index contributed by atoms with van der Waals surface area (Å²) in [6.45, 7) is 1.72. The van der Waals surface area contributed by atoms with Gasteiger partial charge in [0.15, 0.2) is 0 Å². The molecule has 0 aliphatic heterocycles. The normalized spacial score (nSPS) is 10.7. The van der Waals surface area contributed by atoms with E-state index >= 15 is 0 Å². The maximum absolute atomic E-state index is 10.6. The number of carbonyl (C=O) groups is 1. The lowest BCUT2D eigenvalue weighted by Gasteiger charge is -2.16. The van der Waals surface area contributed by atoms with Gasteiger partial charge in [-0.1, -0.05) is 23.7 Å². The van der Waals surface area contributed by atoms with E-state index in [2.05, 4.69) is 4.90 Å². The van der Waals surface area contributed by atoms with Crippen LogP contribution in [-0.4, -0.2) is 24.4 Å². The van der Waals surface area contributed by atoms with Gasteiger partial charge < -0.3 is 10.6 Å². The predicted octanol–water partition coefficient (Wildman–Crippen LogP) is 2.04. The number of hydrogen-bond acceptors (Lipinski definition) is 2. The summed E-state index contributed by atoms with van der Waals surface area (Å²) in [4.78, 5) is 12.7. The first-order chi connectivity index (χ1) is 7.58. The van der Waals surface area contributed by atoms with Crippen molar-refractivity contribution in [3.05, 3.63) is 34.9 Å². The summed E-state index contributed by atoms with van der Waals surface area (Å²) in [7, 11) is 2.02. The van der Waals surface area contributed by atoms with Crippen molar-refractivity contribution in [2.75, 3.05) is 13.6 Å². The molecule has 0 saturated heterocycles. The van der Waals surface area contributed by atoms with E-state index < -0.39 is 0 Å². The van der Waals surface area contributed by atoms with Crippen molar-refractivity contribution in [2.24, 2.45) is 5.73 Å². The van der Waals surface area contributed by atoms with E-state index in [0.29, 0.717) is 6.42 Å². The second kappa shape index (κ2) is 6.51. The first-order valence-corrected chi connectivity index (χ1v) is 5.67. The van der Waals surface area contributed by atoms with Gasteiger partial charge in [0.25, 0.3) is 0 Å². The van der Waals surface area contributed by atoms with Gasteiger partial charge >= 0.3 is 0 Å². The second-order valence-electron chi connectivity index (χ2n) is 3.93. The topological polar surface area (TPSA) is 46.3 Å². The molecule has 0 atom stereocenters. The molecular formula is C12H17ClN2O. The number of hydrogen-bond donors (Lipinski definition) is 1. The van der Waals surface area contributed by atoms with Gasteiger partial charge in [-0.25, -0.2) is 0 Å². The first-order valence-electron chi connectivity index (χ1n) is 5.29. The number of nitrogens with zero attached hydrogens (tertiary/aromatic N) is 1. The molecule has 1 aromatic carbocycles. The van der Waals surface area contributed by atoms with Crippen LogP contribution in [-0.2, 0) is 11.3 Å². The third kappa shape index (κ3) is 5.14. The van der Waals surface area contributed by atoms with Crippen molar-refractivity contribution in [3.63, 3.8) is 0 Å². The molecule has 0 spiro atoms. The average molecular weight is 241 g/mol. The van der Waals surface area contributed by atoms with Crippen LogP contribution in [0.25, 0.3) is 0 Å². The van der Waals surface area contributed by atoms with Crippen LogP contribution in [0, 0.1) is 0 Å². The molecule has 0 radical (unpaired) electrons. The molecule has 0 fully saturated rings. The van der Waals surface area contributed by atoms with Crippen LogP contribution >= 0.6 is 11.6 Å². The molecule has 16 heavy (non-hydrogen) atoms. The molecule has 88 valence electrons. The summed E-state index contributed by atoms with van der Waals surface area (Å²) >= 11 is 5.80. The van der Waals surface area contributed by atoms with Gasteiger partial charge in [-0.05, 0) is 37.7 Å². The lowest BCUT2D eigenvalue weighted by atomic mass is 10.2. The predicted molar refractivity (Wildman–Crippen MR) is 66.2 cm³/mol. The highest BCUT2D eigenvalue weighted by Crippen LogP contribution is 2.11. The number of rotatable bonds is 6. The minimum atomic E-state index is -0.236. The van der Waals surface area contributed by atoms with Crippen molar-refractivity contribution in [2.45, 2.75) is 19.4 Å². The molecular weight excluding hydrogens is 224 g/mol. The smallest absolute Gasteiger partial charge is 0.217 e. The molecule has 1 rings (SSSR count). The quantitative estimate of drug-likeness (QED) is 0.827. The summed E-state index contributed by atoms with van der Waals surface area (Å²) in [5.41, 5.74) is 6.29. The third-order valence-electron chi connectivity index (χ3n) is 2.33. The summed E-state index contributed by atoms with van der Waals surface area (Å²) in [6, 6.07) is 7.78. The Labute approximate surface area is 101 Å². The van der Waals surface area contributed by atoms with E-state index in [9.17, 15) is 4.79 Å². The monoisotopic (exact) mass is 240 g/mol. The molecule has 0 aliphatic carbocycles. The fraction of sp³-hybridized carbons (Fsp3) is 0.417. The van der Waals surface area contributed by atoms with Gasteiger partial charge in [-0.2, -0.15) is 0 Å². The van der Waals surface area contributed by atoms with E-state index in [1.54, 1.807) is 0 Å². The molecule has 4 heteroatoms. The number of nitrogens with two attached hydrogens (primary N) is 1. The largest absolute Gasteiger partial charge is 0.370 e. The first kappa shape index (κ1) is 13.0. The Morgan fingerprint density at radius 1 is 1.38 bits per heavy atom. The minimum Gasteiger partial charge on any atom is -0.370 e. The lowest BCUT2D eigenvalue weighted by molar-refractivity contribution is -0.118. The van der Waals surface area contributed by atoms with Crippen LogP contribution in [0.5, 0.6) is 0 Å². The lowest BCUT2D eigenvalue weighted by Crippen LogP contribution is -2.21. The maximum Gasteiger partial charge on any atom is 0.217 e. The van der Waals surface area contributed by atoms with Crippen molar-refractivity contribution in [1.82, 2.24) is 4.90 Å². The number of primary amides is 1. The van der Waals surface area contributed by atoms with Gasteiger partial charge in [-0.15, -0.1) is 0 Å². The zero-order valence-corrected chi connectivity index (χ0v) is 10.2. The summed E-state index contributed by atoms with van der Waals surface area (Å²) < 4.78 is 0. The molecule has 3 nitrogen and oxygen atoms in total. The van der Waals surface area contributed by atoms with E-state index in [1.807, 2.05) is 31.3 Å². The minimum absolute atomic E-state index is 0.236. The van der Waals surface area contributed by atoms with Crippen LogP contribution in [0.3, 0.4) is 0 Å². The molecule has 0 saturated carbocycles. The Morgan fingerprint density at radius 3 is 2.56 bits per heavy atom. The maximum atomic E-state index is 10.6. The van der Waals surface area contributed by atoms with E-state index in [1.165, 1.54) is 5.56 Å². The molecule has 0 aromatic heterocycles. The highest BCUT2D eigenvalue weighted by Gasteiger charge is 2.01. The summed E-state index contributed by atoms with van der Waals surface area (Å²) in [5, 5.41) is 0.750. The molecule has 1 amide bonds. The van der Waals surface area contributed by atoms with Crippen LogP contribution in [0.1, 0.15) is 18.4 Å². The van der Waals surface area contributed by atoms with Crippen molar-refractivity contribution >= 4 is 17.5 Å². The standard InChI is InChI=1S/C12H17ClN2O/c1-15(8-2-3-12(14)16)9-10-4-6-11(13)7-5-10/h4-7H,2-3,8-9H2,1H3,(H2,14,16). The fourth-order valence-electron chi connectivity index (χ4n) is 1.50. The molecule has 0 unspecified atom stereocenters. The van der Waals surface area contributed by atoms with E-state index in [4.69, 9.17) is 17.3 Å². The summed E-state index contributed by atoms with van der Waals surface area (Å²) in [5.74, 6) is -0.236. The van der Waals surface area contributed by atoms with Crippen LogP contribution in [0.2, 0.25) is 5.02 Å². The Kier molecular flexibility index (Phi) is 5.29. The second-order valence-corrected chi connectivity index (χ2v) is 4.37. The Balaban J connectivity index is 2.31. The number of carbonyl (C=O) groups excluding carboxylic acids is 1. The van der Waals surface area contributed by atoms with Gasteiger partial charge in [-0.3, -0.25) is 4.79 Å². The van der Waals surface area contributed by atoms with Crippen molar-refractivity contribution in [3.8, 4) is 0 Å². The number of amides is 1. The molecule has 2 N–H and O–H groups in total. The van der Waals surface area contributed by atoms with Crippen LogP contribution < -0.4 is 5.73 Å². The van der Waals surface area contributed by atoms with Crippen molar-refractivity contribution < 1.29 is 4.79 Å². The SMILES string of the molecule is CN(CCCC(N)=O)Cc1ccc(Cl)cc1. The highest BCUT2D eigenvalue weighted by atomic mass is 35.5. The van der Waals surface area contributed by atoms with Gasteiger partial charge in [0.05, 0.1) is 0 Å².